The fourth-order valence-corrected chi connectivity index (χ4v) is 2.87. The maximum atomic E-state index is 13.0. The molecule has 0 bridgehead atoms. The predicted molar refractivity (Wildman–Crippen MR) is 107 cm³/mol. The lowest BCUT2D eigenvalue weighted by Gasteiger charge is -2.10. The summed E-state index contributed by atoms with van der Waals surface area (Å²) in [4.78, 5) is 36.9. The van der Waals surface area contributed by atoms with Gasteiger partial charge in [-0.1, -0.05) is 42.0 Å². The molecule has 0 saturated heterocycles. The molecule has 0 saturated carbocycles. The number of benzene rings is 2. The van der Waals surface area contributed by atoms with Crippen molar-refractivity contribution in [3.63, 3.8) is 0 Å². The summed E-state index contributed by atoms with van der Waals surface area (Å²) in [6.45, 7) is 2.12. The third kappa shape index (κ3) is 5.38. The molecule has 7 heteroatoms. The van der Waals surface area contributed by atoms with Crippen molar-refractivity contribution in [3.05, 3.63) is 105 Å². The van der Waals surface area contributed by atoms with Crippen molar-refractivity contribution < 1.29 is 14.0 Å². The van der Waals surface area contributed by atoms with Crippen LogP contribution >= 0.6 is 0 Å². The van der Waals surface area contributed by atoms with Crippen LogP contribution in [-0.4, -0.2) is 16.4 Å². The zero-order valence-electron chi connectivity index (χ0n) is 15.8. The van der Waals surface area contributed by atoms with Crippen LogP contribution in [0.25, 0.3) is 0 Å². The number of hydrogen-bond acceptors (Lipinski definition) is 3. The number of hydrazine groups is 1. The largest absolute Gasteiger partial charge is 0.310 e. The highest BCUT2D eigenvalue weighted by Crippen LogP contribution is 2.05. The maximum Gasteiger partial charge on any atom is 0.275 e. The second kappa shape index (κ2) is 8.97. The Labute approximate surface area is 167 Å². The van der Waals surface area contributed by atoms with Gasteiger partial charge in [0.2, 0.25) is 5.91 Å². The van der Waals surface area contributed by atoms with Crippen LogP contribution in [-0.2, 0) is 17.8 Å². The molecule has 6 nitrogen and oxygen atoms in total. The lowest BCUT2D eigenvalue weighted by atomic mass is 10.1. The molecule has 29 heavy (non-hydrogen) atoms. The van der Waals surface area contributed by atoms with Crippen molar-refractivity contribution in [3.8, 4) is 0 Å². The minimum atomic E-state index is -0.707. The summed E-state index contributed by atoms with van der Waals surface area (Å²) in [5, 5.41) is 0. The number of carbonyl (C=O) groups excluding carboxylic acids is 2. The number of nitrogens with one attached hydrogen (secondary N) is 2. The number of rotatable bonds is 5. The third-order valence-electron chi connectivity index (χ3n) is 4.29. The van der Waals surface area contributed by atoms with E-state index in [0.717, 1.165) is 16.7 Å². The van der Waals surface area contributed by atoms with Gasteiger partial charge in [0, 0.05) is 6.20 Å². The molecule has 1 aromatic heterocycles. The van der Waals surface area contributed by atoms with E-state index in [1.807, 2.05) is 31.2 Å². The SMILES string of the molecule is Cc1cccc(CC(=O)NNC(=O)c2cccn(Cc3ccc(F)cc3)c2=O)c1. The van der Waals surface area contributed by atoms with Crippen molar-refractivity contribution in [1.29, 1.82) is 0 Å². The van der Waals surface area contributed by atoms with E-state index in [1.165, 1.54) is 22.8 Å². The van der Waals surface area contributed by atoms with Gasteiger partial charge in [-0.05, 0) is 42.3 Å². The molecule has 2 aromatic carbocycles. The van der Waals surface area contributed by atoms with E-state index in [0.29, 0.717) is 0 Å². The van der Waals surface area contributed by atoms with Gasteiger partial charge in [-0.25, -0.2) is 4.39 Å². The van der Waals surface area contributed by atoms with E-state index in [4.69, 9.17) is 0 Å². The molecular weight excluding hydrogens is 373 g/mol. The van der Waals surface area contributed by atoms with E-state index in [-0.39, 0.29) is 24.3 Å². The quantitative estimate of drug-likeness (QED) is 0.653. The number of hydrogen-bond donors (Lipinski definition) is 2. The van der Waals surface area contributed by atoms with Crippen LogP contribution in [0.5, 0.6) is 0 Å². The number of amides is 2. The summed E-state index contributed by atoms with van der Waals surface area (Å²) in [5.74, 6) is -1.47. The first-order chi connectivity index (χ1) is 13.9. The molecule has 0 atom stereocenters. The van der Waals surface area contributed by atoms with E-state index in [1.54, 1.807) is 24.4 Å². The minimum absolute atomic E-state index is 0.103. The smallest absolute Gasteiger partial charge is 0.275 e. The molecule has 3 rings (SSSR count). The Kier molecular flexibility index (Phi) is 6.19. The van der Waals surface area contributed by atoms with Crippen molar-refractivity contribution in [2.45, 2.75) is 19.9 Å². The predicted octanol–water partition coefficient (Wildman–Crippen LogP) is 2.35. The van der Waals surface area contributed by atoms with Gasteiger partial charge in [0.1, 0.15) is 11.4 Å². The summed E-state index contributed by atoms with van der Waals surface area (Å²) in [6, 6.07) is 16.2. The Morgan fingerprint density at radius 3 is 2.45 bits per heavy atom. The maximum absolute atomic E-state index is 13.0. The number of nitrogens with zero attached hydrogens (tertiary/aromatic N) is 1. The van der Waals surface area contributed by atoms with Crippen LogP contribution < -0.4 is 16.4 Å². The molecule has 0 aliphatic carbocycles. The van der Waals surface area contributed by atoms with Crippen LogP contribution in [0, 0.1) is 12.7 Å². The molecule has 0 unspecified atom stereocenters. The van der Waals surface area contributed by atoms with Crippen molar-refractivity contribution >= 4 is 11.8 Å². The molecule has 2 N–H and O–H groups in total. The van der Waals surface area contributed by atoms with Gasteiger partial charge in [-0.15, -0.1) is 0 Å². The van der Waals surface area contributed by atoms with Gasteiger partial charge in [0.15, 0.2) is 0 Å². The highest BCUT2D eigenvalue weighted by Gasteiger charge is 2.13. The topological polar surface area (TPSA) is 80.2 Å². The Hall–Kier alpha value is -3.74. The van der Waals surface area contributed by atoms with Crippen LogP contribution in [0.3, 0.4) is 0 Å². The molecular formula is C22H20FN3O3. The Bertz CT molecular complexity index is 1090. The second-order valence-corrected chi connectivity index (χ2v) is 6.65. The third-order valence-corrected chi connectivity index (χ3v) is 4.29. The van der Waals surface area contributed by atoms with Gasteiger partial charge in [-0.3, -0.25) is 25.2 Å². The summed E-state index contributed by atoms with van der Waals surface area (Å²) in [6.07, 6.45) is 1.64. The van der Waals surface area contributed by atoms with E-state index in [9.17, 15) is 18.8 Å². The van der Waals surface area contributed by atoms with Crippen LogP contribution in [0.2, 0.25) is 0 Å². The van der Waals surface area contributed by atoms with Gasteiger partial charge in [0.25, 0.3) is 11.5 Å². The standard InChI is InChI=1S/C22H20FN3O3/c1-15-4-2-5-17(12-15)13-20(27)24-25-21(28)19-6-3-11-26(22(19)29)14-16-7-9-18(23)10-8-16/h2-12H,13-14H2,1H3,(H,24,27)(H,25,28). The van der Waals surface area contributed by atoms with Gasteiger partial charge in [0.05, 0.1) is 13.0 Å². The number of aromatic nitrogens is 1. The molecule has 0 aliphatic heterocycles. The Morgan fingerprint density at radius 1 is 0.966 bits per heavy atom. The van der Waals surface area contributed by atoms with E-state index < -0.39 is 17.4 Å². The molecule has 2 amide bonds. The first-order valence-corrected chi connectivity index (χ1v) is 9.01. The first-order valence-electron chi connectivity index (χ1n) is 9.01. The zero-order valence-corrected chi connectivity index (χ0v) is 15.8. The molecule has 1 heterocycles. The molecule has 3 aromatic rings. The summed E-state index contributed by atoms with van der Waals surface area (Å²) in [7, 11) is 0. The molecule has 0 radical (unpaired) electrons. The average Bonchev–Trinajstić information content (AvgIpc) is 2.69. The molecule has 0 fully saturated rings. The van der Waals surface area contributed by atoms with Crippen molar-refractivity contribution in [2.24, 2.45) is 0 Å². The number of pyridine rings is 1. The lowest BCUT2D eigenvalue weighted by molar-refractivity contribution is -0.121. The van der Waals surface area contributed by atoms with Crippen molar-refractivity contribution in [2.75, 3.05) is 0 Å². The lowest BCUT2D eigenvalue weighted by Crippen LogP contribution is -2.44. The number of aryl methyl sites for hydroxylation is 1. The summed E-state index contributed by atoms with van der Waals surface area (Å²) in [5.41, 5.74) is 6.55. The summed E-state index contributed by atoms with van der Waals surface area (Å²) >= 11 is 0. The molecule has 148 valence electrons. The minimum Gasteiger partial charge on any atom is -0.310 e. The fraction of sp³-hybridized carbons (Fsp3) is 0.136. The highest BCUT2D eigenvalue weighted by molar-refractivity contribution is 5.95. The van der Waals surface area contributed by atoms with Crippen molar-refractivity contribution in [1.82, 2.24) is 15.4 Å². The monoisotopic (exact) mass is 393 g/mol. The Balaban J connectivity index is 1.64. The van der Waals surface area contributed by atoms with Gasteiger partial charge < -0.3 is 4.57 Å². The number of halogens is 1. The van der Waals surface area contributed by atoms with Crippen LogP contribution in [0.15, 0.2) is 71.7 Å². The van der Waals surface area contributed by atoms with E-state index >= 15 is 0 Å². The van der Waals surface area contributed by atoms with Crippen LogP contribution in [0.1, 0.15) is 27.0 Å². The molecule has 0 spiro atoms. The van der Waals surface area contributed by atoms with Crippen LogP contribution in [0.4, 0.5) is 4.39 Å². The first kappa shape index (κ1) is 20.0. The fourth-order valence-electron chi connectivity index (χ4n) is 2.87. The van der Waals surface area contributed by atoms with Gasteiger partial charge in [-0.2, -0.15) is 0 Å². The highest BCUT2D eigenvalue weighted by atomic mass is 19.1. The molecule has 0 aliphatic rings. The number of carbonyl (C=O) groups is 2. The Morgan fingerprint density at radius 2 is 1.72 bits per heavy atom. The van der Waals surface area contributed by atoms with E-state index in [2.05, 4.69) is 10.9 Å². The normalized spacial score (nSPS) is 10.4. The second-order valence-electron chi connectivity index (χ2n) is 6.65. The average molecular weight is 393 g/mol. The van der Waals surface area contributed by atoms with Gasteiger partial charge >= 0.3 is 0 Å². The zero-order chi connectivity index (χ0) is 20.8. The summed E-state index contributed by atoms with van der Waals surface area (Å²) < 4.78 is 14.4.